The Morgan fingerprint density at radius 3 is 2.70 bits per heavy atom. The maximum atomic E-state index is 5.81. The summed E-state index contributed by atoms with van der Waals surface area (Å²) in [5, 5.41) is 0. The zero-order valence-electron chi connectivity index (χ0n) is 11.7. The van der Waals surface area contributed by atoms with Crippen LogP contribution in [0.4, 0.5) is 0 Å². The quantitative estimate of drug-likeness (QED) is 0.839. The molecule has 2 rings (SSSR count). The van der Waals surface area contributed by atoms with Crippen LogP contribution >= 0.6 is 0 Å². The molecular weight excluding hydrogens is 252 g/mol. The van der Waals surface area contributed by atoms with Crippen LogP contribution in [0.1, 0.15) is 11.3 Å². The van der Waals surface area contributed by atoms with Gasteiger partial charge in [0.2, 0.25) is 0 Å². The van der Waals surface area contributed by atoms with Crippen LogP contribution in [0.25, 0.3) is 0 Å². The van der Waals surface area contributed by atoms with Crippen LogP contribution in [-0.4, -0.2) is 25.2 Å². The van der Waals surface area contributed by atoms with Gasteiger partial charge in [0, 0.05) is 18.3 Å². The van der Waals surface area contributed by atoms with Gasteiger partial charge in [-0.2, -0.15) is 0 Å². The van der Waals surface area contributed by atoms with Crippen molar-refractivity contribution in [2.24, 2.45) is 5.73 Å². The lowest BCUT2D eigenvalue weighted by molar-refractivity contribution is 0.296. The molecule has 0 radical (unpaired) electrons. The zero-order valence-corrected chi connectivity index (χ0v) is 11.7. The highest BCUT2D eigenvalue weighted by atomic mass is 16.5. The van der Waals surface area contributed by atoms with Crippen LogP contribution in [-0.2, 0) is 12.8 Å². The molecule has 1 aromatic carbocycles. The average molecular weight is 272 g/mol. The first-order valence-corrected chi connectivity index (χ1v) is 6.73. The SMILES string of the molecule is COc1ccc(CCN)cc1OCCc1ccccn1. The molecule has 0 saturated heterocycles. The Hall–Kier alpha value is -2.07. The number of aromatic nitrogens is 1. The van der Waals surface area contributed by atoms with Crippen molar-refractivity contribution in [1.29, 1.82) is 0 Å². The van der Waals surface area contributed by atoms with E-state index in [1.807, 2.05) is 36.4 Å². The number of hydrogen-bond acceptors (Lipinski definition) is 4. The highest BCUT2D eigenvalue weighted by molar-refractivity contribution is 5.43. The fourth-order valence-electron chi connectivity index (χ4n) is 1.97. The largest absolute Gasteiger partial charge is 0.493 e. The molecule has 20 heavy (non-hydrogen) atoms. The molecule has 0 fully saturated rings. The van der Waals surface area contributed by atoms with Gasteiger partial charge in [-0.25, -0.2) is 0 Å². The second kappa shape index (κ2) is 7.50. The molecule has 0 aliphatic rings. The number of rotatable bonds is 7. The van der Waals surface area contributed by atoms with Crippen molar-refractivity contribution in [3.05, 3.63) is 53.9 Å². The van der Waals surface area contributed by atoms with Crippen LogP contribution in [0.3, 0.4) is 0 Å². The van der Waals surface area contributed by atoms with Gasteiger partial charge in [-0.1, -0.05) is 12.1 Å². The van der Waals surface area contributed by atoms with Crippen molar-refractivity contribution >= 4 is 0 Å². The molecule has 0 amide bonds. The predicted molar refractivity (Wildman–Crippen MR) is 79.2 cm³/mol. The molecule has 0 saturated carbocycles. The zero-order chi connectivity index (χ0) is 14.2. The Bertz CT molecular complexity index is 529. The van der Waals surface area contributed by atoms with E-state index >= 15 is 0 Å². The highest BCUT2D eigenvalue weighted by Crippen LogP contribution is 2.28. The van der Waals surface area contributed by atoms with Crippen molar-refractivity contribution in [2.75, 3.05) is 20.3 Å². The first-order valence-electron chi connectivity index (χ1n) is 6.73. The predicted octanol–water partition coefficient (Wildman–Crippen LogP) is 2.21. The van der Waals surface area contributed by atoms with Crippen molar-refractivity contribution in [1.82, 2.24) is 4.98 Å². The van der Waals surface area contributed by atoms with Gasteiger partial charge in [-0.15, -0.1) is 0 Å². The van der Waals surface area contributed by atoms with E-state index in [1.54, 1.807) is 13.3 Å². The minimum atomic E-state index is 0.569. The normalized spacial score (nSPS) is 10.3. The van der Waals surface area contributed by atoms with E-state index in [4.69, 9.17) is 15.2 Å². The van der Waals surface area contributed by atoms with E-state index in [-0.39, 0.29) is 0 Å². The van der Waals surface area contributed by atoms with Crippen LogP contribution in [0.15, 0.2) is 42.6 Å². The number of nitrogens with zero attached hydrogens (tertiary/aromatic N) is 1. The Morgan fingerprint density at radius 2 is 2.00 bits per heavy atom. The number of pyridine rings is 1. The maximum absolute atomic E-state index is 5.81. The molecule has 0 bridgehead atoms. The van der Waals surface area contributed by atoms with Gasteiger partial charge in [0.1, 0.15) is 0 Å². The summed E-state index contributed by atoms with van der Waals surface area (Å²) in [5.74, 6) is 1.50. The molecule has 1 aromatic heterocycles. The third kappa shape index (κ3) is 3.96. The van der Waals surface area contributed by atoms with E-state index in [9.17, 15) is 0 Å². The molecule has 0 unspecified atom stereocenters. The second-order valence-corrected chi connectivity index (χ2v) is 4.44. The van der Waals surface area contributed by atoms with E-state index in [2.05, 4.69) is 4.98 Å². The van der Waals surface area contributed by atoms with Crippen LogP contribution in [0.2, 0.25) is 0 Å². The third-order valence-electron chi connectivity index (χ3n) is 3.00. The van der Waals surface area contributed by atoms with Gasteiger partial charge in [0.05, 0.1) is 13.7 Å². The van der Waals surface area contributed by atoms with Gasteiger partial charge in [0.15, 0.2) is 11.5 Å². The Kier molecular flexibility index (Phi) is 5.38. The molecule has 2 N–H and O–H groups in total. The van der Waals surface area contributed by atoms with Crippen molar-refractivity contribution in [2.45, 2.75) is 12.8 Å². The monoisotopic (exact) mass is 272 g/mol. The molecule has 4 nitrogen and oxygen atoms in total. The molecule has 4 heteroatoms. The second-order valence-electron chi connectivity index (χ2n) is 4.44. The lowest BCUT2D eigenvalue weighted by Gasteiger charge is -2.12. The van der Waals surface area contributed by atoms with E-state index in [0.717, 1.165) is 35.6 Å². The van der Waals surface area contributed by atoms with Crippen LogP contribution in [0.5, 0.6) is 11.5 Å². The summed E-state index contributed by atoms with van der Waals surface area (Å²) in [6.45, 7) is 1.19. The summed E-state index contributed by atoms with van der Waals surface area (Å²) >= 11 is 0. The van der Waals surface area contributed by atoms with Crippen molar-refractivity contribution in [3.63, 3.8) is 0 Å². The fraction of sp³-hybridized carbons (Fsp3) is 0.312. The summed E-state index contributed by atoms with van der Waals surface area (Å²) in [7, 11) is 1.64. The summed E-state index contributed by atoms with van der Waals surface area (Å²) < 4.78 is 11.1. The van der Waals surface area contributed by atoms with E-state index < -0.39 is 0 Å². The molecular formula is C16H20N2O2. The van der Waals surface area contributed by atoms with Gasteiger partial charge >= 0.3 is 0 Å². The van der Waals surface area contributed by atoms with Gasteiger partial charge in [0.25, 0.3) is 0 Å². The number of benzene rings is 1. The van der Waals surface area contributed by atoms with Gasteiger partial charge in [-0.05, 0) is 42.8 Å². The smallest absolute Gasteiger partial charge is 0.161 e. The topological polar surface area (TPSA) is 57.4 Å². The van der Waals surface area contributed by atoms with Crippen LogP contribution in [0, 0.1) is 0 Å². The Morgan fingerprint density at radius 1 is 1.10 bits per heavy atom. The summed E-state index contributed by atoms with van der Waals surface area (Å²) in [6.07, 6.45) is 3.39. The minimum absolute atomic E-state index is 0.569. The molecule has 1 heterocycles. The molecule has 0 spiro atoms. The maximum Gasteiger partial charge on any atom is 0.161 e. The highest BCUT2D eigenvalue weighted by Gasteiger charge is 2.06. The minimum Gasteiger partial charge on any atom is -0.493 e. The van der Waals surface area contributed by atoms with E-state index in [0.29, 0.717) is 13.2 Å². The summed E-state index contributed by atoms with van der Waals surface area (Å²) in [4.78, 5) is 4.27. The first-order chi connectivity index (χ1) is 9.83. The number of hydrogen-bond donors (Lipinski definition) is 1. The van der Waals surface area contributed by atoms with E-state index in [1.165, 1.54) is 0 Å². The number of nitrogens with two attached hydrogens (primary N) is 1. The molecule has 0 aliphatic carbocycles. The van der Waals surface area contributed by atoms with Crippen LogP contribution < -0.4 is 15.2 Å². The summed E-state index contributed by atoms with van der Waals surface area (Å²) in [5.41, 5.74) is 7.75. The number of ether oxygens (including phenoxy) is 2. The standard InChI is InChI=1S/C16H20N2O2/c1-19-15-6-5-13(7-9-17)12-16(15)20-11-8-14-4-2-3-10-18-14/h2-6,10,12H,7-9,11,17H2,1H3. The Balaban J connectivity index is 1.98. The van der Waals surface area contributed by atoms with Crippen molar-refractivity contribution < 1.29 is 9.47 Å². The lowest BCUT2D eigenvalue weighted by Crippen LogP contribution is -2.06. The summed E-state index contributed by atoms with van der Waals surface area (Å²) in [6, 6.07) is 11.8. The molecule has 106 valence electrons. The third-order valence-corrected chi connectivity index (χ3v) is 3.00. The average Bonchev–Trinajstić information content (AvgIpc) is 2.49. The Labute approximate surface area is 119 Å². The van der Waals surface area contributed by atoms with Gasteiger partial charge in [-0.3, -0.25) is 4.98 Å². The first kappa shape index (κ1) is 14.3. The molecule has 0 aliphatic heterocycles. The lowest BCUT2D eigenvalue weighted by atomic mass is 10.1. The molecule has 2 aromatic rings. The fourth-order valence-corrected chi connectivity index (χ4v) is 1.97. The van der Waals surface area contributed by atoms with Crippen molar-refractivity contribution in [3.8, 4) is 11.5 Å². The van der Waals surface area contributed by atoms with Gasteiger partial charge < -0.3 is 15.2 Å². The molecule has 0 atom stereocenters. The number of methoxy groups -OCH3 is 1.